The molecule has 2 aromatic heterocycles. The van der Waals surface area contributed by atoms with E-state index in [2.05, 4.69) is 32.7 Å². The molecule has 0 aliphatic heterocycles. The van der Waals surface area contributed by atoms with Crippen molar-refractivity contribution >= 4 is 23.2 Å². The zero-order valence-electron chi connectivity index (χ0n) is 16.4. The van der Waals surface area contributed by atoms with Crippen molar-refractivity contribution in [2.24, 2.45) is 5.10 Å². The van der Waals surface area contributed by atoms with Crippen molar-refractivity contribution in [3.63, 3.8) is 0 Å². The number of benzene rings is 2. The van der Waals surface area contributed by atoms with Gasteiger partial charge >= 0.3 is 0 Å². The lowest BCUT2D eigenvalue weighted by Crippen LogP contribution is -2.22. The van der Waals surface area contributed by atoms with Gasteiger partial charge in [-0.1, -0.05) is 42.5 Å². The molecule has 0 aliphatic rings. The summed E-state index contributed by atoms with van der Waals surface area (Å²) in [4.78, 5) is 16.6. The first-order valence-electron chi connectivity index (χ1n) is 9.41. The molecule has 0 aliphatic carbocycles. The van der Waals surface area contributed by atoms with Crippen molar-refractivity contribution in [3.05, 3.63) is 83.4 Å². The summed E-state index contributed by atoms with van der Waals surface area (Å²) in [5.74, 6) is -0.212. The van der Waals surface area contributed by atoms with E-state index >= 15 is 0 Å². The van der Waals surface area contributed by atoms with Gasteiger partial charge in [0.15, 0.2) is 0 Å². The Morgan fingerprint density at radius 1 is 1.10 bits per heavy atom. The Morgan fingerprint density at radius 2 is 1.86 bits per heavy atom. The standard InChI is InChI=1S/C22H22N6O/c1-16-19(17(2)28(26-16)13-18-8-4-3-5-9-18)12-24-25-22(29)14-27-15-23-20-10-6-7-11-21(20)27/h3-12,15H,13-14H2,1-2H3,(H,25,29)/b24-12-. The Labute approximate surface area is 168 Å². The second kappa shape index (κ2) is 8.10. The number of hydrogen-bond donors (Lipinski definition) is 1. The molecule has 2 aromatic carbocycles. The van der Waals surface area contributed by atoms with Gasteiger partial charge in [0, 0.05) is 11.3 Å². The number of amides is 1. The summed E-state index contributed by atoms with van der Waals surface area (Å²) >= 11 is 0. The fourth-order valence-corrected chi connectivity index (χ4v) is 3.30. The quantitative estimate of drug-likeness (QED) is 0.409. The number of nitrogens with zero attached hydrogens (tertiary/aromatic N) is 5. The summed E-state index contributed by atoms with van der Waals surface area (Å²) in [7, 11) is 0. The minimum Gasteiger partial charge on any atom is -0.321 e. The van der Waals surface area contributed by atoms with Crippen LogP contribution in [0.1, 0.15) is 22.5 Å². The third-order valence-corrected chi connectivity index (χ3v) is 4.84. The lowest BCUT2D eigenvalue weighted by Gasteiger charge is -2.04. The molecule has 29 heavy (non-hydrogen) atoms. The molecule has 0 spiro atoms. The van der Waals surface area contributed by atoms with E-state index in [9.17, 15) is 4.79 Å². The minimum absolute atomic E-state index is 0.156. The number of carbonyl (C=O) groups is 1. The van der Waals surface area contributed by atoms with Gasteiger partial charge in [-0.05, 0) is 31.5 Å². The number of para-hydroxylation sites is 2. The molecule has 4 aromatic rings. The first kappa shape index (κ1) is 18.6. The average Bonchev–Trinajstić information content (AvgIpc) is 3.25. The molecule has 0 saturated carbocycles. The Balaban J connectivity index is 1.42. The molecule has 146 valence electrons. The Morgan fingerprint density at radius 3 is 2.69 bits per heavy atom. The molecule has 2 heterocycles. The van der Waals surface area contributed by atoms with Gasteiger partial charge in [0.05, 0.1) is 35.8 Å². The highest BCUT2D eigenvalue weighted by Gasteiger charge is 2.11. The molecule has 0 fully saturated rings. The molecule has 0 radical (unpaired) electrons. The molecule has 1 amide bonds. The summed E-state index contributed by atoms with van der Waals surface area (Å²) in [5, 5.41) is 8.73. The lowest BCUT2D eigenvalue weighted by atomic mass is 10.2. The third kappa shape index (κ3) is 4.08. The maximum atomic E-state index is 12.3. The summed E-state index contributed by atoms with van der Waals surface area (Å²) in [5.41, 5.74) is 8.34. The van der Waals surface area contributed by atoms with E-state index in [-0.39, 0.29) is 12.5 Å². The number of fused-ring (bicyclic) bond motifs is 1. The highest BCUT2D eigenvalue weighted by Crippen LogP contribution is 2.13. The Kier molecular flexibility index (Phi) is 5.20. The maximum absolute atomic E-state index is 12.3. The van der Waals surface area contributed by atoms with Crippen LogP contribution in [0.4, 0.5) is 0 Å². The molecule has 4 rings (SSSR count). The number of nitrogens with one attached hydrogen (secondary N) is 1. The topological polar surface area (TPSA) is 77.1 Å². The van der Waals surface area contributed by atoms with Gasteiger partial charge in [0.2, 0.25) is 0 Å². The maximum Gasteiger partial charge on any atom is 0.260 e. The van der Waals surface area contributed by atoms with E-state index in [1.165, 1.54) is 5.56 Å². The van der Waals surface area contributed by atoms with Crippen LogP contribution in [0.25, 0.3) is 11.0 Å². The van der Waals surface area contributed by atoms with Gasteiger partial charge < -0.3 is 4.57 Å². The average molecular weight is 386 g/mol. The Hall–Kier alpha value is -3.74. The Bertz CT molecular complexity index is 1170. The number of aromatic nitrogens is 4. The largest absolute Gasteiger partial charge is 0.321 e. The van der Waals surface area contributed by atoms with Crippen molar-refractivity contribution in [2.45, 2.75) is 26.9 Å². The van der Waals surface area contributed by atoms with E-state index < -0.39 is 0 Å². The van der Waals surface area contributed by atoms with Crippen molar-refractivity contribution in [2.75, 3.05) is 0 Å². The molecule has 0 bridgehead atoms. The number of rotatable bonds is 6. The van der Waals surface area contributed by atoms with Crippen LogP contribution in [0.5, 0.6) is 0 Å². The molecule has 0 saturated heterocycles. The number of hydrazone groups is 1. The zero-order chi connectivity index (χ0) is 20.2. The summed E-state index contributed by atoms with van der Waals surface area (Å²) < 4.78 is 3.75. The van der Waals surface area contributed by atoms with Gasteiger partial charge in [-0.3, -0.25) is 9.48 Å². The monoisotopic (exact) mass is 386 g/mol. The first-order chi connectivity index (χ1) is 14.1. The van der Waals surface area contributed by atoms with E-state index in [1.54, 1.807) is 17.1 Å². The van der Waals surface area contributed by atoms with Crippen molar-refractivity contribution < 1.29 is 4.79 Å². The van der Waals surface area contributed by atoms with Crippen LogP contribution in [0, 0.1) is 13.8 Å². The number of aryl methyl sites for hydroxylation is 1. The van der Waals surface area contributed by atoms with Gasteiger partial charge in [-0.2, -0.15) is 10.2 Å². The van der Waals surface area contributed by atoms with Gasteiger partial charge in [0.1, 0.15) is 6.54 Å². The highest BCUT2D eigenvalue weighted by molar-refractivity contribution is 5.85. The molecular weight excluding hydrogens is 364 g/mol. The van der Waals surface area contributed by atoms with Crippen LogP contribution >= 0.6 is 0 Å². The van der Waals surface area contributed by atoms with Crippen LogP contribution in [-0.2, 0) is 17.9 Å². The second-order valence-electron chi connectivity index (χ2n) is 6.88. The van der Waals surface area contributed by atoms with Crippen LogP contribution in [0.2, 0.25) is 0 Å². The van der Waals surface area contributed by atoms with E-state index in [0.29, 0.717) is 6.54 Å². The number of imidazole rings is 1. The van der Waals surface area contributed by atoms with Crippen molar-refractivity contribution in [1.29, 1.82) is 0 Å². The van der Waals surface area contributed by atoms with Gasteiger partial charge in [0.25, 0.3) is 5.91 Å². The van der Waals surface area contributed by atoms with Crippen LogP contribution in [0.15, 0.2) is 66.0 Å². The van der Waals surface area contributed by atoms with Crippen molar-refractivity contribution in [3.8, 4) is 0 Å². The summed E-state index contributed by atoms with van der Waals surface area (Å²) in [6, 6.07) is 17.9. The smallest absolute Gasteiger partial charge is 0.260 e. The number of carbonyl (C=O) groups excluding carboxylic acids is 1. The fourth-order valence-electron chi connectivity index (χ4n) is 3.30. The second-order valence-corrected chi connectivity index (χ2v) is 6.88. The van der Waals surface area contributed by atoms with Crippen molar-refractivity contribution in [1.82, 2.24) is 24.8 Å². The van der Waals surface area contributed by atoms with Gasteiger partial charge in [-0.15, -0.1) is 0 Å². The molecule has 7 nitrogen and oxygen atoms in total. The predicted molar refractivity (Wildman–Crippen MR) is 113 cm³/mol. The van der Waals surface area contributed by atoms with E-state index in [1.807, 2.05) is 61.0 Å². The van der Waals surface area contributed by atoms with E-state index in [4.69, 9.17) is 0 Å². The van der Waals surface area contributed by atoms with Crippen LogP contribution < -0.4 is 5.43 Å². The lowest BCUT2D eigenvalue weighted by molar-refractivity contribution is -0.121. The summed E-state index contributed by atoms with van der Waals surface area (Å²) in [6.07, 6.45) is 3.32. The molecule has 1 N–H and O–H groups in total. The SMILES string of the molecule is Cc1nn(Cc2ccccc2)c(C)c1/C=N\NC(=O)Cn1cnc2ccccc21. The fraction of sp³-hybridized carbons (Fsp3) is 0.182. The van der Waals surface area contributed by atoms with Crippen LogP contribution in [0.3, 0.4) is 0 Å². The number of hydrogen-bond acceptors (Lipinski definition) is 4. The molecular formula is C22H22N6O. The summed E-state index contributed by atoms with van der Waals surface area (Å²) in [6.45, 7) is 4.80. The predicted octanol–water partition coefficient (Wildman–Crippen LogP) is 3.05. The van der Waals surface area contributed by atoms with Crippen LogP contribution in [-0.4, -0.2) is 31.5 Å². The van der Waals surface area contributed by atoms with Gasteiger partial charge in [-0.25, -0.2) is 10.4 Å². The molecule has 0 unspecified atom stereocenters. The zero-order valence-corrected chi connectivity index (χ0v) is 16.4. The van der Waals surface area contributed by atoms with E-state index in [0.717, 1.165) is 28.0 Å². The highest BCUT2D eigenvalue weighted by atomic mass is 16.2. The first-order valence-corrected chi connectivity index (χ1v) is 9.41. The molecule has 0 atom stereocenters. The normalized spacial score (nSPS) is 11.4. The third-order valence-electron chi connectivity index (χ3n) is 4.84. The molecule has 7 heteroatoms. The minimum atomic E-state index is -0.212.